The van der Waals surface area contributed by atoms with E-state index in [1.165, 1.54) is 19.3 Å². The number of carbonyl (C=O) groups is 2. The molecule has 4 rings (SSSR count). The molecule has 1 aliphatic carbocycles. The van der Waals surface area contributed by atoms with Gasteiger partial charge in [-0.3, -0.25) is 9.59 Å². The average Bonchev–Trinajstić information content (AvgIpc) is 3.12. The highest BCUT2D eigenvalue weighted by Crippen LogP contribution is 2.42. The number of H-pyrrole nitrogens is 1. The third-order valence-corrected chi connectivity index (χ3v) is 6.06. The molecule has 5 heteroatoms. The number of amides is 2. The van der Waals surface area contributed by atoms with Crippen LogP contribution in [0, 0.1) is 11.3 Å². The van der Waals surface area contributed by atoms with E-state index in [-0.39, 0.29) is 11.3 Å². The fraction of sp³-hybridized carbons (Fsp3) is 0.667. The number of piperidine rings is 1. The van der Waals surface area contributed by atoms with E-state index >= 15 is 0 Å². The van der Waals surface area contributed by atoms with Crippen LogP contribution in [0.4, 0.5) is 0 Å². The summed E-state index contributed by atoms with van der Waals surface area (Å²) in [4.78, 5) is 31.8. The van der Waals surface area contributed by atoms with Crippen molar-refractivity contribution in [2.75, 3.05) is 26.2 Å². The summed E-state index contributed by atoms with van der Waals surface area (Å²) in [7, 11) is 0. The third-order valence-electron chi connectivity index (χ3n) is 6.06. The summed E-state index contributed by atoms with van der Waals surface area (Å²) in [6, 6.07) is 1.83. The highest BCUT2D eigenvalue weighted by Gasteiger charge is 2.46. The first-order valence-electron chi connectivity index (χ1n) is 8.85. The topological polar surface area (TPSA) is 56.4 Å². The van der Waals surface area contributed by atoms with E-state index < -0.39 is 0 Å². The van der Waals surface area contributed by atoms with Crippen molar-refractivity contribution in [1.82, 2.24) is 14.8 Å². The Balaban J connectivity index is 1.35. The molecule has 0 bridgehead atoms. The molecule has 1 spiro atoms. The standard InChI is InChI=1S/C18H25N3O2/c22-16-10-18(13-21(16)12-14-2-1-3-14)5-8-20(9-6-18)17(23)15-4-7-19-11-15/h4,7,11,14,19H,1-3,5-6,8-10,12-13H2. The van der Waals surface area contributed by atoms with E-state index in [0.717, 1.165) is 50.5 Å². The van der Waals surface area contributed by atoms with E-state index in [9.17, 15) is 9.59 Å². The lowest BCUT2D eigenvalue weighted by atomic mass is 9.77. The van der Waals surface area contributed by atoms with Crippen LogP contribution in [0.2, 0.25) is 0 Å². The van der Waals surface area contributed by atoms with E-state index in [0.29, 0.717) is 12.3 Å². The highest BCUT2D eigenvalue weighted by atomic mass is 16.2. The number of hydrogen-bond donors (Lipinski definition) is 1. The van der Waals surface area contributed by atoms with Gasteiger partial charge in [0.05, 0.1) is 5.56 Å². The van der Waals surface area contributed by atoms with Crippen molar-refractivity contribution in [2.45, 2.75) is 38.5 Å². The summed E-state index contributed by atoms with van der Waals surface area (Å²) in [5.41, 5.74) is 0.852. The molecule has 0 aromatic carbocycles. The van der Waals surface area contributed by atoms with E-state index in [4.69, 9.17) is 0 Å². The van der Waals surface area contributed by atoms with Crippen LogP contribution in [-0.2, 0) is 4.79 Å². The van der Waals surface area contributed by atoms with Crippen LogP contribution in [-0.4, -0.2) is 52.8 Å². The molecule has 3 aliphatic rings. The molecule has 2 saturated heterocycles. The van der Waals surface area contributed by atoms with Gasteiger partial charge in [-0.05, 0) is 37.7 Å². The first kappa shape index (κ1) is 14.8. The molecule has 5 nitrogen and oxygen atoms in total. The van der Waals surface area contributed by atoms with Crippen molar-refractivity contribution in [1.29, 1.82) is 0 Å². The van der Waals surface area contributed by atoms with Gasteiger partial charge in [0.15, 0.2) is 0 Å². The summed E-state index contributed by atoms with van der Waals surface area (Å²) in [5, 5.41) is 0. The van der Waals surface area contributed by atoms with E-state index in [2.05, 4.69) is 9.88 Å². The zero-order chi connectivity index (χ0) is 15.9. The molecule has 23 heavy (non-hydrogen) atoms. The molecular weight excluding hydrogens is 290 g/mol. The van der Waals surface area contributed by atoms with Crippen LogP contribution >= 0.6 is 0 Å². The zero-order valence-corrected chi connectivity index (χ0v) is 13.6. The van der Waals surface area contributed by atoms with Crippen LogP contribution in [0.1, 0.15) is 48.9 Å². The maximum absolute atomic E-state index is 12.4. The summed E-state index contributed by atoms with van der Waals surface area (Å²) >= 11 is 0. The maximum atomic E-state index is 12.4. The SMILES string of the molecule is O=C1CC2(CCN(C(=O)c3cc[nH]c3)CC2)CN1CC1CCC1. The third kappa shape index (κ3) is 2.77. The van der Waals surface area contributed by atoms with Crippen LogP contribution in [0.15, 0.2) is 18.5 Å². The van der Waals surface area contributed by atoms with Crippen molar-refractivity contribution in [3.63, 3.8) is 0 Å². The number of nitrogens with zero attached hydrogens (tertiary/aromatic N) is 2. The fourth-order valence-electron chi connectivity index (χ4n) is 4.29. The molecule has 1 N–H and O–H groups in total. The van der Waals surface area contributed by atoms with Crippen LogP contribution in [0.3, 0.4) is 0 Å². The normalized spacial score (nSPS) is 24.3. The van der Waals surface area contributed by atoms with Gasteiger partial charge in [-0.2, -0.15) is 0 Å². The summed E-state index contributed by atoms with van der Waals surface area (Å²) in [5.74, 6) is 1.18. The number of nitrogens with one attached hydrogen (secondary N) is 1. The number of likely N-dealkylation sites (tertiary alicyclic amines) is 2. The molecule has 1 saturated carbocycles. The van der Waals surface area contributed by atoms with Crippen LogP contribution in [0.5, 0.6) is 0 Å². The van der Waals surface area contributed by atoms with Gasteiger partial charge in [0.25, 0.3) is 5.91 Å². The molecule has 3 fully saturated rings. The van der Waals surface area contributed by atoms with Crippen molar-refractivity contribution in [3.05, 3.63) is 24.0 Å². The predicted octanol–water partition coefficient (Wildman–Crippen LogP) is 2.27. The average molecular weight is 315 g/mol. The summed E-state index contributed by atoms with van der Waals surface area (Å²) in [6.07, 6.45) is 10.0. The molecule has 3 heterocycles. The number of aromatic nitrogens is 1. The molecule has 2 aliphatic heterocycles. The molecule has 1 aromatic rings. The van der Waals surface area contributed by atoms with Gasteiger partial charge in [-0.25, -0.2) is 0 Å². The zero-order valence-electron chi connectivity index (χ0n) is 13.6. The lowest BCUT2D eigenvalue weighted by Crippen LogP contribution is -2.44. The number of rotatable bonds is 3. The number of aromatic amines is 1. The molecule has 124 valence electrons. The quantitative estimate of drug-likeness (QED) is 0.930. The largest absolute Gasteiger partial charge is 0.367 e. The van der Waals surface area contributed by atoms with Gasteiger partial charge in [-0.15, -0.1) is 0 Å². The van der Waals surface area contributed by atoms with Crippen molar-refractivity contribution >= 4 is 11.8 Å². The van der Waals surface area contributed by atoms with Crippen LogP contribution in [0.25, 0.3) is 0 Å². The summed E-state index contributed by atoms with van der Waals surface area (Å²) < 4.78 is 0. The van der Waals surface area contributed by atoms with Gasteiger partial charge in [0, 0.05) is 50.4 Å². The Kier molecular flexibility index (Phi) is 3.66. The smallest absolute Gasteiger partial charge is 0.255 e. The Morgan fingerprint density at radius 1 is 1.30 bits per heavy atom. The minimum atomic E-state index is 0.108. The Morgan fingerprint density at radius 2 is 2.09 bits per heavy atom. The summed E-state index contributed by atoms with van der Waals surface area (Å²) in [6.45, 7) is 3.42. The second-order valence-corrected chi connectivity index (χ2v) is 7.64. The molecule has 2 amide bonds. The molecular formula is C18H25N3O2. The van der Waals surface area contributed by atoms with Gasteiger partial charge in [-0.1, -0.05) is 6.42 Å². The predicted molar refractivity (Wildman–Crippen MR) is 86.9 cm³/mol. The Hall–Kier alpha value is -1.78. The molecule has 0 atom stereocenters. The second-order valence-electron chi connectivity index (χ2n) is 7.64. The number of carbonyl (C=O) groups excluding carboxylic acids is 2. The Morgan fingerprint density at radius 3 is 2.70 bits per heavy atom. The van der Waals surface area contributed by atoms with Crippen molar-refractivity contribution in [3.8, 4) is 0 Å². The van der Waals surface area contributed by atoms with Gasteiger partial charge in [0.2, 0.25) is 5.91 Å². The minimum absolute atomic E-state index is 0.108. The molecule has 1 aromatic heterocycles. The van der Waals surface area contributed by atoms with Crippen LogP contribution < -0.4 is 0 Å². The lowest BCUT2D eigenvalue weighted by molar-refractivity contribution is -0.128. The van der Waals surface area contributed by atoms with Gasteiger partial charge < -0.3 is 14.8 Å². The van der Waals surface area contributed by atoms with Gasteiger partial charge in [0.1, 0.15) is 0 Å². The van der Waals surface area contributed by atoms with E-state index in [1.807, 2.05) is 11.0 Å². The van der Waals surface area contributed by atoms with Gasteiger partial charge >= 0.3 is 0 Å². The molecule has 0 unspecified atom stereocenters. The highest BCUT2D eigenvalue weighted by molar-refractivity contribution is 5.94. The molecule has 0 radical (unpaired) electrons. The first-order valence-corrected chi connectivity index (χ1v) is 8.85. The van der Waals surface area contributed by atoms with Crippen molar-refractivity contribution < 1.29 is 9.59 Å². The fourth-order valence-corrected chi connectivity index (χ4v) is 4.29. The minimum Gasteiger partial charge on any atom is -0.367 e. The Labute approximate surface area is 137 Å². The second kappa shape index (κ2) is 5.69. The first-order chi connectivity index (χ1) is 11.2. The number of hydrogen-bond acceptors (Lipinski definition) is 2. The Bertz CT molecular complexity index is 583. The monoisotopic (exact) mass is 315 g/mol. The maximum Gasteiger partial charge on any atom is 0.255 e. The van der Waals surface area contributed by atoms with Crippen molar-refractivity contribution in [2.24, 2.45) is 11.3 Å². The van der Waals surface area contributed by atoms with E-state index in [1.54, 1.807) is 12.4 Å². The lowest BCUT2D eigenvalue weighted by Gasteiger charge is -2.39.